The van der Waals surface area contributed by atoms with Crippen molar-refractivity contribution in [1.29, 1.82) is 0 Å². The Kier molecular flexibility index (Phi) is 6.97. The summed E-state index contributed by atoms with van der Waals surface area (Å²) in [4.78, 5) is 24.8. The third-order valence-corrected chi connectivity index (χ3v) is 6.49. The van der Waals surface area contributed by atoms with Gasteiger partial charge in [0.25, 0.3) is 0 Å². The average Bonchev–Trinajstić information content (AvgIpc) is 3.24. The molecule has 2 aromatic heterocycles. The van der Waals surface area contributed by atoms with Gasteiger partial charge < -0.3 is 10.1 Å². The van der Waals surface area contributed by atoms with Gasteiger partial charge in [-0.2, -0.15) is 11.8 Å². The van der Waals surface area contributed by atoms with Gasteiger partial charge in [-0.25, -0.2) is 4.79 Å². The molecule has 0 aliphatic rings. The molecule has 0 fully saturated rings. The quantitative estimate of drug-likeness (QED) is 0.417. The number of benzene rings is 1. The number of hydrogen-bond donors (Lipinski definition) is 1. The molecule has 0 bridgehead atoms. The van der Waals surface area contributed by atoms with Gasteiger partial charge in [-0.3, -0.25) is 9.20 Å². The number of rotatable bonds is 9. The standard InChI is InChI=1S/C17H20N4O3S3/c1-24-15(23)11(7-9-25-2)18-14(22)8-10-26-16-19-20-17-21(16)12-5-3-4-6-13(12)27-17/h3-6,11H,7-10H2,1-2H3,(H,18,22)/t11-/m0/s1. The van der Waals surface area contributed by atoms with E-state index in [1.807, 2.05) is 28.9 Å². The van der Waals surface area contributed by atoms with Gasteiger partial charge in [0.05, 0.1) is 17.3 Å². The molecule has 0 unspecified atom stereocenters. The number of fused-ring (bicyclic) bond motifs is 3. The highest BCUT2D eigenvalue weighted by atomic mass is 32.2. The third kappa shape index (κ3) is 4.74. The number of ether oxygens (including phenoxy) is 1. The van der Waals surface area contributed by atoms with Crippen LogP contribution in [0.25, 0.3) is 15.2 Å². The second-order valence-corrected chi connectivity index (χ2v) is 8.75. The van der Waals surface area contributed by atoms with Crippen LogP contribution >= 0.6 is 34.9 Å². The minimum absolute atomic E-state index is 0.171. The van der Waals surface area contributed by atoms with Gasteiger partial charge in [0.2, 0.25) is 10.9 Å². The monoisotopic (exact) mass is 424 g/mol. The topological polar surface area (TPSA) is 85.6 Å². The summed E-state index contributed by atoms with van der Waals surface area (Å²) in [5.41, 5.74) is 1.07. The van der Waals surface area contributed by atoms with Crippen molar-refractivity contribution in [1.82, 2.24) is 19.9 Å². The lowest BCUT2D eigenvalue weighted by atomic mass is 10.2. The smallest absolute Gasteiger partial charge is 0.328 e. The van der Waals surface area contributed by atoms with Crippen LogP contribution in [0, 0.1) is 0 Å². The number of thiazole rings is 1. The Morgan fingerprint density at radius 1 is 1.30 bits per heavy atom. The van der Waals surface area contributed by atoms with Crippen LogP contribution in [0.3, 0.4) is 0 Å². The van der Waals surface area contributed by atoms with Crippen molar-refractivity contribution in [2.45, 2.75) is 24.0 Å². The lowest BCUT2D eigenvalue weighted by Crippen LogP contribution is -2.42. The molecule has 144 valence electrons. The minimum atomic E-state index is -0.597. The molecule has 0 radical (unpaired) electrons. The number of amides is 1. The molecule has 7 nitrogen and oxygen atoms in total. The molecule has 27 heavy (non-hydrogen) atoms. The number of hydrogen-bond acceptors (Lipinski definition) is 8. The summed E-state index contributed by atoms with van der Waals surface area (Å²) < 4.78 is 7.93. The zero-order valence-corrected chi connectivity index (χ0v) is 17.5. The number of esters is 1. The molecular formula is C17H20N4O3S3. The highest BCUT2D eigenvalue weighted by Crippen LogP contribution is 2.29. The van der Waals surface area contributed by atoms with Gasteiger partial charge in [0.1, 0.15) is 6.04 Å². The summed E-state index contributed by atoms with van der Waals surface area (Å²) in [5.74, 6) is 0.745. The van der Waals surface area contributed by atoms with Crippen molar-refractivity contribution < 1.29 is 14.3 Å². The van der Waals surface area contributed by atoms with Crippen molar-refractivity contribution >= 4 is 61.9 Å². The minimum Gasteiger partial charge on any atom is -0.467 e. The fourth-order valence-corrected chi connectivity index (χ4v) is 4.95. The van der Waals surface area contributed by atoms with Crippen molar-refractivity contribution in [2.24, 2.45) is 0 Å². The summed E-state index contributed by atoms with van der Waals surface area (Å²) in [6.07, 6.45) is 2.80. The van der Waals surface area contributed by atoms with Crippen molar-refractivity contribution in [2.75, 3.05) is 24.9 Å². The van der Waals surface area contributed by atoms with E-state index in [0.717, 1.165) is 26.1 Å². The van der Waals surface area contributed by atoms with E-state index in [0.29, 0.717) is 12.2 Å². The first-order chi connectivity index (χ1) is 13.1. The van der Waals surface area contributed by atoms with Crippen LogP contribution in [0.2, 0.25) is 0 Å². The summed E-state index contributed by atoms with van der Waals surface area (Å²) in [5, 5.41) is 12.0. The van der Waals surface area contributed by atoms with E-state index < -0.39 is 12.0 Å². The lowest BCUT2D eigenvalue weighted by Gasteiger charge is -2.15. The van der Waals surface area contributed by atoms with E-state index in [9.17, 15) is 9.59 Å². The van der Waals surface area contributed by atoms with Gasteiger partial charge >= 0.3 is 5.97 Å². The number of carbonyl (C=O) groups excluding carboxylic acids is 2. The highest BCUT2D eigenvalue weighted by Gasteiger charge is 2.21. The van der Waals surface area contributed by atoms with Gasteiger partial charge in [-0.1, -0.05) is 35.2 Å². The van der Waals surface area contributed by atoms with Gasteiger partial charge in [0, 0.05) is 12.2 Å². The first-order valence-corrected chi connectivity index (χ1v) is 11.5. The van der Waals surface area contributed by atoms with Crippen LogP contribution in [-0.4, -0.2) is 57.4 Å². The molecule has 1 N–H and O–H groups in total. The molecule has 0 saturated heterocycles. The molecule has 2 heterocycles. The molecule has 1 amide bonds. The third-order valence-electron chi connectivity index (χ3n) is 3.90. The number of aromatic nitrogens is 3. The van der Waals surface area contributed by atoms with Crippen LogP contribution in [0.5, 0.6) is 0 Å². The number of nitrogens with zero attached hydrogens (tertiary/aromatic N) is 3. The molecule has 1 aromatic carbocycles. The van der Waals surface area contributed by atoms with Crippen LogP contribution in [-0.2, 0) is 14.3 Å². The van der Waals surface area contributed by atoms with E-state index in [2.05, 4.69) is 21.6 Å². The Balaban J connectivity index is 1.58. The first-order valence-electron chi connectivity index (χ1n) is 8.35. The molecule has 3 rings (SSSR count). The molecule has 0 spiro atoms. The predicted octanol–water partition coefficient (Wildman–Crippen LogP) is 2.84. The number of nitrogens with one attached hydrogen (secondary N) is 1. The van der Waals surface area contributed by atoms with Crippen molar-refractivity contribution in [3.05, 3.63) is 24.3 Å². The maximum atomic E-state index is 12.2. The second-order valence-electron chi connectivity index (χ2n) is 5.69. The lowest BCUT2D eigenvalue weighted by molar-refractivity contribution is -0.145. The Labute approximate surface area is 169 Å². The summed E-state index contributed by atoms with van der Waals surface area (Å²) in [7, 11) is 1.33. The van der Waals surface area contributed by atoms with Gasteiger partial charge in [0.15, 0.2) is 5.16 Å². The molecule has 3 aromatic rings. The number of thioether (sulfide) groups is 2. The van der Waals surface area contributed by atoms with Crippen LogP contribution < -0.4 is 5.32 Å². The predicted molar refractivity (Wildman–Crippen MR) is 111 cm³/mol. The zero-order valence-electron chi connectivity index (χ0n) is 15.0. The summed E-state index contributed by atoms with van der Waals surface area (Å²) in [6.45, 7) is 0. The maximum absolute atomic E-state index is 12.2. The first kappa shape index (κ1) is 20.0. The average molecular weight is 425 g/mol. The molecule has 10 heteroatoms. The number of methoxy groups -OCH3 is 1. The van der Waals surface area contributed by atoms with E-state index in [1.54, 1.807) is 23.1 Å². The van der Waals surface area contributed by atoms with E-state index in [-0.39, 0.29) is 12.3 Å². The number of para-hydroxylation sites is 1. The van der Waals surface area contributed by atoms with Crippen LogP contribution in [0.4, 0.5) is 0 Å². The fourth-order valence-electron chi connectivity index (χ4n) is 2.58. The van der Waals surface area contributed by atoms with Crippen molar-refractivity contribution in [3.8, 4) is 0 Å². The fraction of sp³-hybridized carbons (Fsp3) is 0.412. The zero-order chi connectivity index (χ0) is 19.2. The molecule has 0 aliphatic heterocycles. The highest BCUT2D eigenvalue weighted by molar-refractivity contribution is 7.99. The molecule has 0 aliphatic carbocycles. The summed E-state index contributed by atoms with van der Waals surface area (Å²) >= 11 is 4.69. The van der Waals surface area contributed by atoms with Crippen LogP contribution in [0.1, 0.15) is 12.8 Å². The van der Waals surface area contributed by atoms with Gasteiger partial charge in [-0.05, 0) is 30.6 Å². The number of carbonyl (C=O) groups is 2. The molecular weight excluding hydrogens is 404 g/mol. The normalized spacial score (nSPS) is 12.4. The Bertz CT molecular complexity index is 940. The second kappa shape index (κ2) is 9.43. The van der Waals surface area contributed by atoms with Crippen molar-refractivity contribution in [3.63, 3.8) is 0 Å². The van der Waals surface area contributed by atoms with E-state index in [4.69, 9.17) is 4.74 Å². The Hall–Kier alpha value is -1.78. The Morgan fingerprint density at radius 3 is 2.89 bits per heavy atom. The Morgan fingerprint density at radius 2 is 2.11 bits per heavy atom. The maximum Gasteiger partial charge on any atom is 0.328 e. The van der Waals surface area contributed by atoms with Gasteiger partial charge in [-0.15, -0.1) is 10.2 Å². The van der Waals surface area contributed by atoms with Crippen LogP contribution in [0.15, 0.2) is 29.4 Å². The largest absolute Gasteiger partial charge is 0.467 e. The molecule has 1 atom stereocenters. The summed E-state index contributed by atoms with van der Waals surface area (Å²) in [6, 6.07) is 7.47. The SMILES string of the molecule is COC(=O)[C@H](CCSC)NC(=O)CCSc1nnc2sc3ccccc3n12. The van der Waals surface area contributed by atoms with E-state index >= 15 is 0 Å². The molecule has 0 saturated carbocycles. The van der Waals surface area contributed by atoms with E-state index in [1.165, 1.54) is 18.9 Å².